The Balaban J connectivity index is 2.06. The summed E-state index contributed by atoms with van der Waals surface area (Å²) >= 11 is 0. The lowest BCUT2D eigenvalue weighted by atomic mass is 9.87. The molecule has 1 saturated carbocycles. The zero-order valence-electron chi connectivity index (χ0n) is 12.2. The van der Waals surface area contributed by atoms with Crippen LogP contribution in [0.2, 0.25) is 0 Å². The first-order valence-corrected chi connectivity index (χ1v) is 7.41. The van der Waals surface area contributed by atoms with E-state index < -0.39 is 0 Å². The van der Waals surface area contributed by atoms with Crippen LogP contribution in [0.5, 0.6) is 0 Å². The van der Waals surface area contributed by atoms with Crippen LogP contribution >= 0.6 is 0 Å². The second kappa shape index (κ2) is 6.85. The lowest BCUT2D eigenvalue weighted by Crippen LogP contribution is -2.31. The summed E-state index contributed by atoms with van der Waals surface area (Å²) in [6, 6.07) is 1.80. The van der Waals surface area contributed by atoms with E-state index in [4.69, 9.17) is 5.84 Å². The number of nitrogen functional groups attached to an aromatic ring is 1. The molecule has 0 unspecified atom stereocenters. The highest BCUT2D eigenvalue weighted by Gasteiger charge is 2.33. The third kappa shape index (κ3) is 3.58. The maximum atomic E-state index is 9.63. The van der Waals surface area contributed by atoms with E-state index in [0.717, 1.165) is 43.9 Å². The number of rotatable bonds is 7. The summed E-state index contributed by atoms with van der Waals surface area (Å²) in [7, 11) is 0. The lowest BCUT2D eigenvalue weighted by molar-refractivity contribution is 0.142. The van der Waals surface area contributed by atoms with Gasteiger partial charge in [-0.15, -0.1) is 0 Å². The fourth-order valence-corrected chi connectivity index (χ4v) is 2.79. The van der Waals surface area contributed by atoms with Gasteiger partial charge in [0.05, 0.1) is 6.61 Å². The van der Waals surface area contributed by atoms with Gasteiger partial charge in [0.1, 0.15) is 17.5 Å². The van der Waals surface area contributed by atoms with Crippen LogP contribution in [0, 0.1) is 5.41 Å². The van der Waals surface area contributed by atoms with Gasteiger partial charge >= 0.3 is 0 Å². The Hall–Kier alpha value is -1.40. The van der Waals surface area contributed by atoms with Crippen LogP contribution in [-0.4, -0.2) is 28.2 Å². The van der Waals surface area contributed by atoms with Crippen LogP contribution in [0.15, 0.2) is 6.07 Å². The molecule has 20 heavy (non-hydrogen) atoms. The van der Waals surface area contributed by atoms with E-state index in [9.17, 15) is 5.11 Å². The van der Waals surface area contributed by atoms with Gasteiger partial charge in [0.2, 0.25) is 0 Å². The molecule has 6 heteroatoms. The molecule has 0 saturated heterocycles. The highest BCUT2D eigenvalue weighted by Crippen LogP contribution is 2.37. The fraction of sp³-hybridized carbons (Fsp3) is 0.714. The zero-order valence-corrected chi connectivity index (χ0v) is 12.2. The molecule has 1 aliphatic carbocycles. The van der Waals surface area contributed by atoms with Crippen molar-refractivity contribution in [3.8, 4) is 0 Å². The Morgan fingerprint density at radius 2 is 2.00 bits per heavy atom. The average Bonchev–Trinajstić information content (AvgIpc) is 2.95. The Morgan fingerprint density at radius 3 is 2.60 bits per heavy atom. The lowest BCUT2D eigenvalue weighted by Gasteiger charge is -2.27. The predicted molar refractivity (Wildman–Crippen MR) is 80.3 cm³/mol. The molecular weight excluding hydrogens is 254 g/mol. The number of nitrogens with two attached hydrogens (primary N) is 1. The second-order valence-electron chi connectivity index (χ2n) is 5.67. The number of hydrogen-bond donors (Lipinski definition) is 4. The molecule has 0 spiro atoms. The number of hydrogen-bond acceptors (Lipinski definition) is 6. The van der Waals surface area contributed by atoms with Gasteiger partial charge in [0, 0.05) is 24.4 Å². The first kappa shape index (κ1) is 15.0. The Labute approximate surface area is 120 Å². The number of anilines is 2. The van der Waals surface area contributed by atoms with Crippen LogP contribution < -0.4 is 16.6 Å². The third-order valence-electron chi connectivity index (χ3n) is 4.04. The van der Waals surface area contributed by atoms with E-state index in [1.54, 1.807) is 6.07 Å². The third-order valence-corrected chi connectivity index (χ3v) is 4.04. The van der Waals surface area contributed by atoms with Crippen molar-refractivity contribution in [3.63, 3.8) is 0 Å². The predicted octanol–water partition coefficient (Wildman–Crippen LogP) is 1.68. The summed E-state index contributed by atoms with van der Waals surface area (Å²) in [5, 5.41) is 13.0. The van der Waals surface area contributed by atoms with E-state index in [0.29, 0.717) is 5.82 Å². The van der Waals surface area contributed by atoms with Gasteiger partial charge in [-0.3, -0.25) is 0 Å². The molecule has 2 rings (SSSR count). The first-order chi connectivity index (χ1) is 9.71. The molecule has 5 N–H and O–H groups in total. The topological polar surface area (TPSA) is 96.1 Å². The Bertz CT molecular complexity index is 432. The maximum absolute atomic E-state index is 9.63. The molecule has 1 heterocycles. The van der Waals surface area contributed by atoms with Gasteiger partial charge in [0.25, 0.3) is 0 Å². The molecule has 6 nitrogen and oxygen atoms in total. The highest BCUT2D eigenvalue weighted by molar-refractivity contribution is 5.47. The van der Waals surface area contributed by atoms with Crippen molar-refractivity contribution in [2.24, 2.45) is 11.3 Å². The van der Waals surface area contributed by atoms with Gasteiger partial charge < -0.3 is 15.8 Å². The average molecular weight is 279 g/mol. The second-order valence-corrected chi connectivity index (χ2v) is 5.67. The summed E-state index contributed by atoms with van der Waals surface area (Å²) < 4.78 is 0. The number of aliphatic hydroxyl groups is 1. The molecule has 1 fully saturated rings. The minimum absolute atomic E-state index is 0.00613. The molecule has 0 amide bonds. The molecule has 0 aliphatic heterocycles. The summed E-state index contributed by atoms with van der Waals surface area (Å²) in [5.74, 6) is 7.63. The van der Waals surface area contributed by atoms with Crippen molar-refractivity contribution in [2.45, 2.75) is 45.4 Å². The summed E-state index contributed by atoms with van der Waals surface area (Å²) in [4.78, 5) is 8.82. The molecule has 0 aromatic carbocycles. The molecule has 0 bridgehead atoms. The van der Waals surface area contributed by atoms with E-state index in [1.165, 1.54) is 12.8 Å². The standard InChI is InChI=1S/C14H25N5O/c1-2-5-11-17-12(8-13(18-11)19-15)16-9-14(10-20)6-3-4-7-14/h8,20H,2-7,9-10,15H2,1H3,(H2,16,17,18,19). The van der Waals surface area contributed by atoms with E-state index in [2.05, 4.69) is 27.6 Å². The van der Waals surface area contributed by atoms with Crippen LogP contribution in [0.3, 0.4) is 0 Å². The van der Waals surface area contributed by atoms with Crippen molar-refractivity contribution in [3.05, 3.63) is 11.9 Å². The smallest absolute Gasteiger partial charge is 0.145 e. The number of nitrogens with zero attached hydrogens (tertiary/aromatic N) is 2. The van der Waals surface area contributed by atoms with Gasteiger partial charge in [0.15, 0.2) is 0 Å². The largest absolute Gasteiger partial charge is 0.396 e. The number of hydrazine groups is 1. The van der Waals surface area contributed by atoms with Crippen molar-refractivity contribution >= 4 is 11.6 Å². The van der Waals surface area contributed by atoms with Gasteiger partial charge in [-0.1, -0.05) is 19.8 Å². The molecule has 0 atom stereocenters. The van der Waals surface area contributed by atoms with Crippen LogP contribution in [0.1, 0.15) is 44.9 Å². The van der Waals surface area contributed by atoms with Crippen molar-refractivity contribution < 1.29 is 5.11 Å². The molecule has 1 aromatic rings. The molecular formula is C14H25N5O. The highest BCUT2D eigenvalue weighted by atomic mass is 16.3. The SMILES string of the molecule is CCCc1nc(NN)cc(NCC2(CO)CCCC2)n1. The number of aliphatic hydroxyl groups excluding tert-OH is 1. The van der Waals surface area contributed by atoms with E-state index in [1.807, 2.05) is 0 Å². The van der Waals surface area contributed by atoms with Gasteiger partial charge in [-0.2, -0.15) is 0 Å². The Morgan fingerprint density at radius 1 is 1.30 bits per heavy atom. The van der Waals surface area contributed by atoms with E-state index >= 15 is 0 Å². The normalized spacial score (nSPS) is 17.1. The van der Waals surface area contributed by atoms with Crippen molar-refractivity contribution in [2.75, 3.05) is 23.9 Å². The van der Waals surface area contributed by atoms with Crippen LogP contribution in [-0.2, 0) is 6.42 Å². The number of aromatic nitrogens is 2. The van der Waals surface area contributed by atoms with Gasteiger partial charge in [-0.25, -0.2) is 15.8 Å². The molecule has 112 valence electrons. The fourth-order valence-electron chi connectivity index (χ4n) is 2.79. The molecule has 1 aliphatic rings. The summed E-state index contributed by atoms with van der Waals surface area (Å²) in [5.41, 5.74) is 2.58. The van der Waals surface area contributed by atoms with Crippen LogP contribution in [0.25, 0.3) is 0 Å². The monoisotopic (exact) mass is 279 g/mol. The van der Waals surface area contributed by atoms with Crippen molar-refractivity contribution in [1.82, 2.24) is 9.97 Å². The zero-order chi connectivity index (χ0) is 14.4. The maximum Gasteiger partial charge on any atom is 0.145 e. The van der Waals surface area contributed by atoms with Crippen LogP contribution in [0.4, 0.5) is 11.6 Å². The quantitative estimate of drug-likeness (QED) is 0.448. The molecule has 0 radical (unpaired) electrons. The molecule has 1 aromatic heterocycles. The minimum Gasteiger partial charge on any atom is -0.396 e. The van der Waals surface area contributed by atoms with Crippen molar-refractivity contribution in [1.29, 1.82) is 0 Å². The number of nitrogens with one attached hydrogen (secondary N) is 2. The summed E-state index contributed by atoms with van der Waals surface area (Å²) in [6.07, 6.45) is 6.37. The number of aryl methyl sites for hydroxylation is 1. The minimum atomic E-state index is 0.00613. The summed E-state index contributed by atoms with van der Waals surface area (Å²) in [6.45, 7) is 3.07. The van der Waals surface area contributed by atoms with Gasteiger partial charge in [-0.05, 0) is 19.3 Å². The Kier molecular flexibility index (Phi) is 5.14. The van der Waals surface area contributed by atoms with E-state index in [-0.39, 0.29) is 12.0 Å². The first-order valence-electron chi connectivity index (χ1n) is 7.41.